The second-order valence-corrected chi connectivity index (χ2v) is 6.06. The molecule has 0 aliphatic carbocycles. The van der Waals surface area contributed by atoms with Gasteiger partial charge in [0, 0.05) is 6.07 Å². The van der Waals surface area contributed by atoms with Crippen molar-refractivity contribution in [3.63, 3.8) is 0 Å². The van der Waals surface area contributed by atoms with Crippen LogP contribution in [0.2, 0.25) is 0 Å². The van der Waals surface area contributed by atoms with Gasteiger partial charge in [-0.15, -0.1) is 6.42 Å². The van der Waals surface area contributed by atoms with Gasteiger partial charge in [-0.3, -0.25) is 4.79 Å². The lowest BCUT2D eigenvalue weighted by Crippen LogP contribution is -2.32. The van der Waals surface area contributed by atoms with Gasteiger partial charge < -0.3 is 19.2 Å². The van der Waals surface area contributed by atoms with E-state index in [0.29, 0.717) is 16.7 Å². The van der Waals surface area contributed by atoms with Crippen LogP contribution in [0.1, 0.15) is 26.5 Å². The van der Waals surface area contributed by atoms with Crippen LogP contribution < -0.4 is 15.5 Å². The maximum atomic E-state index is 12.2. The maximum Gasteiger partial charge on any atom is 0.408 e. The third-order valence-corrected chi connectivity index (χ3v) is 2.89. The number of alkyl carbamates (subject to hydrolysis) is 1. The van der Waals surface area contributed by atoms with E-state index in [2.05, 4.69) is 11.2 Å². The number of terminal acetylenes is 1. The standard InChI is InChI=1S/C18H19NO5/c1-5-9-22-15-8-6-7-13-14(20)10-12(23-16(13)15)11-19-17(21)24-18(2,3)4/h1,6-8,10H,9,11H2,2-4H3,(H,19,21). The van der Waals surface area contributed by atoms with Crippen LogP contribution in [0.4, 0.5) is 4.79 Å². The second kappa shape index (κ2) is 7.09. The van der Waals surface area contributed by atoms with Crippen LogP contribution in [0.15, 0.2) is 33.5 Å². The lowest BCUT2D eigenvalue weighted by atomic mass is 10.2. The normalized spacial score (nSPS) is 10.9. The van der Waals surface area contributed by atoms with E-state index in [1.54, 1.807) is 39.0 Å². The topological polar surface area (TPSA) is 77.8 Å². The van der Waals surface area contributed by atoms with Crippen molar-refractivity contribution in [2.45, 2.75) is 32.9 Å². The predicted octanol–water partition coefficient (Wildman–Crippen LogP) is 2.83. The van der Waals surface area contributed by atoms with Crippen molar-refractivity contribution in [1.82, 2.24) is 5.32 Å². The molecule has 0 fully saturated rings. The van der Waals surface area contributed by atoms with Crippen LogP contribution in [0.5, 0.6) is 5.75 Å². The van der Waals surface area contributed by atoms with Crippen molar-refractivity contribution in [1.29, 1.82) is 0 Å². The fourth-order valence-electron chi connectivity index (χ4n) is 1.99. The molecule has 0 aliphatic heterocycles. The predicted molar refractivity (Wildman–Crippen MR) is 89.9 cm³/mol. The average molecular weight is 329 g/mol. The van der Waals surface area contributed by atoms with E-state index in [0.717, 1.165) is 0 Å². The lowest BCUT2D eigenvalue weighted by Gasteiger charge is -2.19. The number of benzene rings is 1. The summed E-state index contributed by atoms with van der Waals surface area (Å²) in [5, 5.41) is 2.92. The van der Waals surface area contributed by atoms with Crippen molar-refractivity contribution in [2.24, 2.45) is 0 Å². The molecular weight excluding hydrogens is 310 g/mol. The smallest absolute Gasteiger partial charge is 0.408 e. The fourth-order valence-corrected chi connectivity index (χ4v) is 1.99. The fraction of sp³-hybridized carbons (Fsp3) is 0.333. The van der Waals surface area contributed by atoms with E-state index in [1.807, 2.05) is 0 Å². The summed E-state index contributed by atoms with van der Waals surface area (Å²) in [6, 6.07) is 6.30. The minimum absolute atomic E-state index is 0.0174. The molecule has 24 heavy (non-hydrogen) atoms. The molecule has 2 rings (SSSR count). The van der Waals surface area contributed by atoms with E-state index < -0.39 is 11.7 Å². The first-order chi connectivity index (χ1) is 11.3. The third-order valence-electron chi connectivity index (χ3n) is 2.89. The number of amides is 1. The Morgan fingerprint density at radius 3 is 2.79 bits per heavy atom. The molecule has 1 amide bonds. The highest BCUT2D eigenvalue weighted by atomic mass is 16.6. The Bertz CT molecular complexity index is 839. The number of rotatable bonds is 4. The Balaban J connectivity index is 2.24. The summed E-state index contributed by atoms with van der Waals surface area (Å²) in [4.78, 5) is 23.9. The molecule has 1 heterocycles. The number of fused-ring (bicyclic) bond motifs is 1. The molecule has 2 aromatic rings. The minimum atomic E-state index is -0.607. The van der Waals surface area contributed by atoms with Crippen LogP contribution >= 0.6 is 0 Å². The number of carbonyl (C=O) groups is 1. The van der Waals surface area contributed by atoms with E-state index in [9.17, 15) is 9.59 Å². The van der Waals surface area contributed by atoms with Gasteiger partial charge in [-0.25, -0.2) is 4.79 Å². The van der Waals surface area contributed by atoms with E-state index >= 15 is 0 Å². The van der Waals surface area contributed by atoms with Crippen molar-refractivity contribution in [2.75, 3.05) is 6.61 Å². The van der Waals surface area contributed by atoms with E-state index in [1.165, 1.54) is 6.07 Å². The van der Waals surface area contributed by atoms with Gasteiger partial charge in [-0.1, -0.05) is 12.0 Å². The summed E-state index contributed by atoms with van der Waals surface area (Å²) in [7, 11) is 0. The molecule has 0 saturated carbocycles. The second-order valence-electron chi connectivity index (χ2n) is 6.06. The first-order valence-electron chi connectivity index (χ1n) is 7.39. The van der Waals surface area contributed by atoms with Crippen LogP contribution in [-0.4, -0.2) is 18.3 Å². The van der Waals surface area contributed by atoms with Crippen molar-refractivity contribution < 1.29 is 18.7 Å². The summed E-state index contributed by atoms with van der Waals surface area (Å²) in [6.07, 6.45) is 4.59. The first kappa shape index (κ1) is 17.4. The monoisotopic (exact) mass is 329 g/mol. The Morgan fingerprint density at radius 2 is 2.12 bits per heavy atom. The third kappa shape index (κ3) is 4.53. The number of carbonyl (C=O) groups excluding carboxylic acids is 1. The molecule has 0 spiro atoms. The van der Waals surface area contributed by atoms with Crippen LogP contribution in [0, 0.1) is 12.3 Å². The summed E-state index contributed by atoms with van der Waals surface area (Å²) in [6.45, 7) is 5.36. The molecule has 0 aliphatic rings. The Kier molecular flexibility index (Phi) is 5.14. The van der Waals surface area contributed by atoms with Gasteiger partial charge in [0.25, 0.3) is 0 Å². The number of hydrogen-bond acceptors (Lipinski definition) is 5. The molecule has 0 atom stereocenters. The molecule has 1 aromatic carbocycles. The van der Waals surface area contributed by atoms with E-state index in [4.69, 9.17) is 20.3 Å². The molecule has 6 heteroatoms. The largest absolute Gasteiger partial charge is 0.477 e. The summed E-state index contributed by atoms with van der Waals surface area (Å²) < 4.78 is 16.2. The van der Waals surface area contributed by atoms with Crippen LogP contribution in [-0.2, 0) is 11.3 Å². The van der Waals surface area contributed by atoms with Gasteiger partial charge in [0.05, 0.1) is 11.9 Å². The number of hydrogen-bond donors (Lipinski definition) is 1. The SMILES string of the molecule is C#CCOc1cccc2c(=O)cc(CNC(=O)OC(C)(C)C)oc12. The summed E-state index contributed by atoms with van der Waals surface area (Å²) >= 11 is 0. The molecule has 0 unspecified atom stereocenters. The van der Waals surface area contributed by atoms with Gasteiger partial charge in [0.2, 0.25) is 0 Å². The highest BCUT2D eigenvalue weighted by Gasteiger charge is 2.16. The number of nitrogens with one attached hydrogen (secondary N) is 1. The maximum absolute atomic E-state index is 12.2. The van der Waals surface area contributed by atoms with Gasteiger partial charge >= 0.3 is 6.09 Å². The highest BCUT2D eigenvalue weighted by molar-refractivity contribution is 5.82. The molecule has 0 radical (unpaired) electrons. The molecule has 0 saturated heterocycles. The summed E-state index contributed by atoms with van der Waals surface area (Å²) in [5.74, 6) is 3.02. The molecule has 1 N–H and O–H groups in total. The molecule has 1 aromatic heterocycles. The quantitative estimate of drug-likeness (QED) is 0.873. The van der Waals surface area contributed by atoms with Crippen molar-refractivity contribution in [3.8, 4) is 18.1 Å². The lowest BCUT2D eigenvalue weighted by molar-refractivity contribution is 0.0520. The number of ether oxygens (including phenoxy) is 2. The first-order valence-corrected chi connectivity index (χ1v) is 7.39. The van der Waals surface area contributed by atoms with Gasteiger partial charge in [-0.05, 0) is 32.9 Å². The average Bonchev–Trinajstić information content (AvgIpc) is 2.49. The molecule has 6 nitrogen and oxygen atoms in total. The Morgan fingerprint density at radius 1 is 1.38 bits per heavy atom. The van der Waals surface area contributed by atoms with Gasteiger partial charge in [0.1, 0.15) is 18.0 Å². The zero-order chi connectivity index (χ0) is 17.7. The molecular formula is C18H19NO5. The van der Waals surface area contributed by atoms with Crippen LogP contribution in [0.25, 0.3) is 11.0 Å². The molecule has 0 bridgehead atoms. The zero-order valence-corrected chi connectivity index (χ0v) is 13.8. The highest BCUT2D eigenvalue weighted by Crippen LogP contribution is 2.24. The number of para-hydroxylation sites is 1. The minimum Gasteiger partial charge on any atom is -0.477 e. The molecule has 126 valence electrons. The van der Waals surface area contributed by atoms with E-state index in [-0.39, 0.29) is 24.3 Å². The van der Waals surface area contributed by atoms with Crippen LogP contribution in [0.3, 0.4) is 0 Å². The Hall–Kier alpha value is -2.94. The van der Waals surface area contributed by atoms with Gasteiger partial charge in [0.15, 0.2) is 16.8 Å². The summed E-state index contributed by atoms with van der Waals surface area (Å²) in [5.41, 5.74) is -0.547. The zero-order valence-electron chi connectivity index (χ0n) is 13.8. The van der Waals surface area contributed by atoms with Crippen molar-refractivity contribution >= 4 is 17.1 Å². The van der Waals surface area contributed by atoms with Crippen molar-refractivity contribution in [3.05, 3.63) is 40.2 Å². The Labute approximate surface area is 139 Å². The van der Waals surface area contributed by atoms with Gasteiger partial charge in [-0.2, -0.15) is 0 Å².